The summed E-state index contributed by atoms with van der Waals surface area (Å²) in [6, 6.07) is 3.94. The summed E-state index contributed by atoms with van der Waals surface area (Å²) in [4.78, 5) is 0.696. The maximum atomic E-state index is 13.3. The topological polar surface area (TPSA) is 72.2 Å². The van der Waals surface area contributed by atoms with E-state index in [-0.39, 0.29) is 21.6 Å². The molecule has 2 rings (SSSR count). The molecule has 0 saturated carbocycles. The highest BCUT2D eigenvalue weighted by Gasteiger charge is 2.19. The second-order valence-corrected chi connectivity index (χ2v) is 8.36. The Kier molecular flexibility index (Phi) is 4.85. The molecule has 1 aromatic heterocycles. The summed E-state index contributed by atoms with van der Waals surface area (Å²) in [5.74, 6) is -0.608. The zero-order valence-electron chi connectivity index (χ0n) is 9.86. The van der Waals surface area contributed by atoms with Crippen LogP contribution in [0.3, 0.4) is 0 Å². The van der Waals surface area contributed by atoms with Gasteiger partial charge in [0.05, 0.1) is 10.2 Å². The fourth-order valence-electron chi connectivity index (χ4n) is 1.47. The number of hydrogen-bond donors (Lipinski definition) is 2. The first-order chi connectivity index (χ1) is 9.29. The molecule has 0 spiro atoms. The SMILES string of the molecule is Nc1cc(F)c(Br)cc1S(=O)(=O)NCc1cc(Br)cs1. The second kappa shape index (κ2) is 6.10. The summed E-state index contributed by atoms with van der Waals surface area (Å²) >= 11 is 7.66. The third kappa shape index (κ3) is 3.59. The Morgan fingerprint density at radius 2 is 2.00 bits per heavy atom. The molecule has 0 amide bonds. The Labute approximate surface area is 136 Å². The summed E-state index contributed by atoms with van der Waals surface area (Å²) in [5.41, 5.74) is 5.43. The third-order valence-corrected chi connectivity index (χ3v) is 6.16. The molecule has 0 saturated heterocycles. The number of halogens is 3. The molecule has 0 radical (unpaired) electrons. The van der Waals surface area contributed by atoms with E-state index in [1.807, 2.05) is 11.4 Å². The number of thiophene rings is 1. The molecule has 9 heteroatoms. The lowest BCUT2D eigenvalue weighted by Gasteiger charge is -2.09. The minimum absolute atomic E-state index is 0.0472. The number of nitrogens with one attached hydrogen (secondary N) is 1. The quantitative estimate of drug-likeness (QED) is 0.710. The van der Waals surface area contributed by atoms with Crippen LogP contribution in [0.25, 0.3) is 0 Å². The van der Waals surface area contributed by atoms with Gasteiger partial charge in [-0.1, -0.05) is 0 Å². The molecule has 0 bridgehead atoms. The van der Waals surface area contributed by atoms with E-state index in [1.165, 1.54) is 11.3 Å². The third-order valence-electron chi connectivity index (χ3n) is 2.40. The largest absolute Gasteiger partial charge is 0.398 e. The van der Waals surface area contributed by atoms with Crippen molar-refractivity contribution in [3.05, 3.63) is 43.2 Å². The summed E-state index contributed by atoms with van der Waals surface area (Å²) < 4.78 is 40.9. The molecule has 3 N–H and O–H groups in total. The fourth-order valence-corrected chi connectivity index (χ4v) is 4.59. The molecule has 2 aromatic rings. The van der Waals surface area contributed by atoms with Crippen molar-refractivity contribution in [2.75, 3.05) is 5.73 Å². The molecule has 0 fully saturated rings. The molecule has 1 heterocycles. The van der Waals surface area contributed by atoms with Crippen molar-refractivity contribution in [1.29, 1.82) is 0 Å². The van der Waals surface area contributed by atoms with Crippen molar-refractivity contribution < 1.29 is 12.8 Å². The number of nitrogens with two attached hydrogens (primary N) is 1. The number of benzene rings is 1. The Morgan fingerprint density at radius 3 is 2.60 bits per heavy atom. The Balaban J connectivity index is 2.24. The van der Waals surface area contributed by atoms with Gasteiger partial charge >= 0.3 is 0 Å². The van der Waals surface area contributed by atoms with Gasteiger partial charge in [0.25, 0.3) is 0 Å². The van der Waals surface area contributed by atoms with Crippen molar-refractivity contribution in [3.8, 4) is 0 Å². The highest BCUT2D eigenvalue weighted by molar-refractivity contribution is 9.10. The van der Waals surface area contributed by atoms with Crippen LogP contribution in [-0.4, -0.2) is 8.42 Å². The minimum Gasteiger partial charge on any atom is -0.398 e. The zero-order chi connectivity index (χ0) is 14.9. The van der Waals surface area contributed by atoms with Gasteiger partial charge < -0.3 is 5.73 Å². The molecule has 0 aliphatic rings. The second-order valence-electron chi connectivity index (χ2n) is 3.86. The van der Waals surface area contributed by atoms with Crippen LogP contribution in [0.15, 0.2) is 37.4 Å². The predicted molar refractivity (Wildman–Crippen MR) is 84.6 cm³/mol. The first kappa shape index (κ1) is 15.9. The van der Waals surface area contributed by atoms with E-state index < -0.39 is 15.8 Å². The molecular formula is C11H9Br2FN2O2S2. The lowest BCUT2D eigenvalue weighted by Crippen LogP contribution is -2.24. The van der Waals surface area contributed by atoms with Crippen molar-refractivity contribution in [3.63, 3.8) is 0 Å². The Morgan fingerprint density at radius 1 is 1.30 bits per heavy atom. The maximum Gasteiger partial charge on any atom is 0.242 e. The Bertz CT molecular complexity index is 747. The molecule has 108 valence electrons. The van der Waals surface area contributed by atoms with Gasteiger partial charge in [0, 0.05) is 21.3 Å². The molecule has 0 aliphatic carbocycles. The maximum absolute atomic E-state index is 13.3. The number of sulfonamides is 1. The van der Waals surface area contributed by atoms with Gasteiger partial charge in [-0.3, -0.25) is 0 Å². The zero-order valence-corrected chi connectivity index (χ0v) is 14.7. The normalized spacial score (nSPS) is 11.8. The Hall–Kier alpha value is -0.480. The molecule has 0 unspecified atom stereocenters. The number of rotatable bonds is 4. The first-order valence-corrected chi connectivity index (χ1v) is 9.21. The standard InChI is InChI=1S/C11H9Br2FN2O2S2/c12-6-1-7(19-5-6)4-16-20(17,18)11-2-8(13)9(14)3-10(11)15/h1-3,5,16H,4,15H2. The minimum atomic E-state index is -3.80. The summed E-state index contributed by atoms with van der Waals surface area (Å²) in [6.07, 6.45) is 0. The number of hydrogen-bond acceptors (Lipinski definition) is 4. The van der Waals surface area contributed by atoms with Crippen molar-refractivity contribution in [2.45, 2.75) is 11.4 Å². The van der Waals surface area contributed by atoms with Gasteiger partial charge in [-0.05, 0) is 50.1 Å². The number of nitrogen functional groups attached to an aromatic ring is 1. The number of anilines is 1. The van der Waals surface area contributed by atoms with E-state index >= 15 is 0 Å². The summed E-state index contributed by atoms with van der Waals surface area (Å²) in [5, 5.41) is 1.85. The molecule has 1 aromatic carbocycles. The van der Waals surface area contributed by atoms with E-state index in [0.717, 1.165) is 21.5 Å². The summed E-state index contributed by atoms with van der Waals surface area (Å²) in [6.45, 7) is 0.146. The van der Waals surface area contributed by atoms with Crippen LogP contribution < -0.4 is 10.5 Å². The molecule has 20 heavy (non-hydrogen) atoms. The molecule has 4 nitrogen and oxygen atoms in total. The van der Waals surface area contributed by atoms with E-state index in [9.17, 15) is 12.8 Å². The van der Waals surface area contributed by atoms with Gasteiger partial charge in [-0.2, -0.15) is 0 Å². The molecular weight excluding hydrogens is 435 g/mol. The van der Waals surface area contributed by atoms with Gasteiger partial charge in [0.2, 0.25) is 10.0 Å². The van der Waals surface area contributed by atoms with Crippen LogP contribution in [0.4, 0.5) is 10.1 Å². The molecule has 0 aliphatic heterocycles. The lowest BCUT2D eigenvalue weighted by atomic mass is 10.3. The van der Waals surface area contributed by atoms with Gasteiger partial charge in [-0.15, -0.1) is 11.3 Å². The van der Waals surface area contributed by atoms with Crippen LogP contribution in [0.2, 0.25) is 0 Å². The lowest BCUT2D eigenvalue weighted by molar-refractivity contribution is 0.581. The fraction of sp³-hybridized carbons (Fsp3) is 0.0909. The van der Waals surface area contributed by atoms with Crippen LogP contribution in [0.5, 0.6) is 0 Å². The van der Waals surface area contributed by atoms with Crippen molar-refractivity contribution in [1.82, 2.24) is 4.72 Å². The van der Waals surface area contributed by atoms with Gasteiger partial charge in [0.1, 0.15) is 10.7 Å². The van der Waals surface area contributed by atoms with Gasteiger partial charge in [0.15, 0.2) is 0 Å². The highest BCUT2D eigenvalue weighted by Crippen LogP contribution is 2.26. The predicted octanol–water partition coefficient (Wildman–Crippen LogP) is 3.47. The summed E-state index contributed by atoms with van der Waals surface area (Å²) in [7, 11) is -3.80. The van der Waals surface area contributed by atoms with Crippen molar-refractivity contribution >= 4 is 58.9 Å². The van der Waals surface area contributed by atoms with Crippen LogP contribution in [0.1, 0.15) is 4.88 Å². The van der Waals surface area contributed by atoms with Crippen molar-refractivity contribution in [2.24, 2.45) is 0 Å². The average molecular weight is 444 g/mol. The van der Waals surface area contributed by atoms with E-state index in [1.54, 1.807) is 0 Å². The highest BCUT2D eigenvalue weighted by atomic mass is 79.9. The smallest absolute Gasteiger partial charge is 0.242 e. The van der Waals surface area contributed by atoms with Crippen LogP contribution in [0, 0.1) is 5.82 Å². The van der Waals surface area contributed by atoms with Crippen LogP contribution in [-0.2, 0) is 16.6 Å². The molecule has 0 atom stereocenters. The van der Waals surface area contributed by atoms with Gasteiger partial charge in [-0.25, -0.2) is 17.5 Å². The first-order valence-electron chi connectivity index (χ1n) is 5.26. The monoisotopic (exact) mass is 442 g/mol. The van der Waals surface area contributed by atoms with Crippen LogP contribution >= 0.6 is 43.2 Å². The van der Waals surface area contributed by atoms with E-state index in [4.69, 9.17) is 5.73 Å². The average Bonchev–Trinajstić information content (AvgIpc) is 2.77. The van der Waals surface area contributed by atoms with E-state index in [2.05, 4.69) is 36.6 Å². The van der Waals surface area contributed by atoms with E-state index in [0.29, 0.717) is 0 Å².